The van der Waals surface area contributed by atoms with Crippen LogP contribution in [-0.4, -0.2) is 24.1 Å². The summed E-state index contributed by atoms with van der Waals surface area (Å²) in [4.78, 5) is 9.03. The Kier molecular flexibility index (Phi) is 5.37. The van der Waals surface area contributed by atoms with Gasteiger partial charge in [0.05, 0.1) is 16.8 Å². The highest BCUT2D eigenvalue weighted by molar-refractivity contribution is 9.11. The Hall–Kier alpha value is -0.690. The maximum absolute atomic E-state index is 5.96. The van der Waals surface area contributed by atoms with Crippen molar-refractivity contribution in [2.45, 2.75) is 6.61 Å². The third kappa shape index (κ3) is 3.31. The molecule has 106 valence electrons. The lowest BCUT2D eigenvalue weighted by Crippen LogP contribution is -2.04. The monoisotopic (exact) mass is 419 g/mol. The molecule has 0 aliphatic carbocycles. The maximum Gasteiger partial charge on any atom is 0.163 e. The second kappa shape index (κ2) is 6.85. The van der Waals surface area contributed by atoms with Gasteiger partial charge in [0, 0.05) is 29.2 Å². The highest BCUT2D eigenvalue weighted by atomic mass is 79.9. The Bertz CT molecular complexity index is 637. The number of halogens is 3. The van der Waals surface area contributed by atoms with Gasteiger partial charge in [0.2, 0.25) is 0 Å². The fourth-order valence-corrected chi connectivity index (χ4v) is 3.03. The van der Waals surface area contributed by atoms with Crippen LogP contribution in [0.25, 0.3) is 11.4 Å². The second-order valence-corrected chi connectivity index (χ2v) is 6.05. The molecule has 0 fully saturated rings. The fourth-order valence-electron chi connectivity index (χ4n) is 1.68. The first-order valence-corrected chi connectivity index (χ1v) is 7.71. The van der Waals surface area contributed by atoms with Crippen molar-refractivity contribution in [3.05, 3.63) is 37.9 Å². The van der Waals surface area contributed by atoms with Crippen molar-refractivity contribution in [1.29, 1.82) is 0 Å². The number of methoxy groups -OCH3 is 1. The molecule has 1 aromatic carbocycles. The number of benzene rings is 1. The van der Waals surface area contributed by atoms with Crippen LogP contribution in [0.4, 0.5) is 5.82 Å². The lowest BCUT2D eigenvalue weighted by molar-refractivity contribution is 0.181. The molecule has 0 saturated heterocycles. The van der Waals surface area contributed by atoms with E-state index in [2.05, 4.69) is 47.1 Å². The maximum atomic E-state index is 5.96. The van der Waals surface area contributed by atoms with Crippen molar-refractivity contribution >= 4 is 49.3 Å². The van der Waals surface area contributed by atoms with Gasteiger partial charge in [-0.3, -0.25) is 0 Å². The van der Waals surface area contributed by atoms with E-state index in [0.717, 1.165) is 20.2 Å². The minimum absolute atomic E-state index is 0.399. The number of nitrogens with zero attached hydrogens (tertiary/aromatic N) is 2. The normalized spacial score (nSPS) is 10.7. The first kappa shape index (κ1) is 15.7. The molecule has 0 radical (unpaired) electrons. The van der Waals surface area contributed by atoms with Crippen LogP contribution >= 0.6 is 43.5 Å². The topological polar surface area (TPSA) is 47.0 Å². The smallest absolute Gasteiger partial charge is 0.163 e. The van der Waals surface area contributed by atoms with Gasteiger partial charge in [0.1, 0.15) is 5.82 Å². The predicted molar refractivity (Wildman–Crippen MR) is 88.1 cm³/mol. The summed E-state index contributed by atoms with van der Waals surface area (Å²) >= 11 is 12.9. The van der Waals surface area contributed by atoms with Crippen molar-refractivity contribution < 1.29 is 4.74 Å². The number of aromatic nitrogens is 2. The molecule has 1 aromatic heterocycles. The highest BCUT2D eigenvalue weighted by Crippen LogP contribution is 2.32. The molecule has 0 saturated carbocycles. The molecule has 0 atom stereocenters. The van der Waals surface area contributed by atoms with Gasteiger partial charge >= 0.3 is 0 Å². The van der Waals surface area contributed by atoms with Gasteiger partial charge < -0.3 is 10.1 Å². The molecule has 0 spiro atoms. The Morgan fingerprint density at radius 2 is 2.05 bits per heavy atom. The SMILES string of the molecule is CNc1nc(-c2ccc(Cl)cc2Br)nc(COC)c1Br. The summed E-state index contributed by atoms with van der Waals surface area (Å²) in [5.41, 5.74) is 1.65. The van der Waals surface area contributed by atoms with E-state index in [1.54, 1.807) is 7.11 Å². The van der Waals surface area contributed by atoms with Crippen LogP contribution in [0.1, 0.15) is 5.69 Å². The molecule has 4 nitrogen and oxygen atoms in total. The van der Waals surface area contributed by atoms with Gasteiger partial charge in [-0.1, -0.05) is 11.6 Å². The fraction of sp³-hybridized carbons (Fsp3) is 0.231. The standard InChI is InChI=1S/C13H12Br2ClN3O/c1-17-13-11(15)10(6-20-2)18-12(19-13)8-4-3-7(16)5-9(8)14/h3-5H,6H2,1-2H3,(H,17,18,19). The van der Waals surface area contributed by atoms with Crippen molar-refractivity contribution in [1.82, 2.24) is 9.97 Å². The van der Waals surface area contributed by atoms with E-state index in [1.165, 1.54) is 0 Å². The highest BCUT2D eigenvalue weighted by Gasteiger charge is 2.14. The van der Waals surface area contributed by atoms with Crippen molar-refractivity contribution in [2.75, 3.05) is 19.5 Å². The molecule has 0 aliphatic rings. The van der Waals surface area contributed by atoms with Crippen LogP contribution in [-0.2, 0) is 11.3 Å². The third-order valence-electron chi connectivity index (χ3n) is 2.61. The molecule has 2 rings (SSSR count). The summed E-state index contributed by atoms with van der Waals surface area (Å²) < 4.78 is 6.81. The van der Waals surface area contributed by atoms with Gasteiger partial charge in [-0.2, -0.15) is 0 Å². The lowest BCUT2D eigenvalue weighted by Gasteiger charge is -2.11. The zero-order valence-electron chi connectivity index (χ0n) is 10.9. The van der Waals surface area contributed by atoms with Gasteiger partial charge in [-0.15, -0.1) is 0 Å². The zero-order valence-corrected chi connectivity index (χ0v) is 14.8. The first-order chi connectivity index (χ1) is 9.56. The lowest BCUT2D eigenvalue weighted by atomic mass is 10.2. The molecule has 1 heterocycles. The minimum atomic E-state index is 0.399. The predicted octanol–water partition coefficient (Wildman–Crippen LogP) is 4.51. The summed E-state index contributed by atoms with van der Waals surface area (Å²) in [5, 5.41) is 3.70. The van der Waals surface area contributed by atoms with E-state index in [9.17, 15) is 0 Å². The number of hydrogen-bond donors (Lipinski definition) is 1. The first-order valence-electron chi connectivity index (χ1n) is 5.75. The summed E-state index contributed by atoms with van der Waals surface area (Å²) in [5.74, 6) is 1.32. The van der Waals surface area contributed by atoms with Crippen molar-refractivity contribution in [3.63, 3.8) is 0 Å². The quantitative estimate of drug-likeness (QED) is 0.789. The Labute approximate surface area is 139 Å². The summed E-state index contributed by atoms with van der Waals surface area (Å²) in [6.07, 6.45) is 0. The van der Waals surface area contributed by atoms with Crippen LogP contribution in [0.5, 0.6) is 0 Å². The third-order valence-corrected chi connectivity index (χ3v) is 4.33. The molecule has 0 bridgehead atoms. The van der Waals surface area contributed by atoms with Gasteiger partial charge in [0.15, 0.2) is 5.82 Å². The number of nitrogens with one attached hydrogen (secondary N) is 1. The number of anilines is 1. The molecule has 2 aromatic rings. The molecule has 0 unspecified atom stereocenters. The van der Waals surface area contributed by atoms with E-state index >= 15 is 0 Å². The van der Waals surface area contributed by atoms with E-state index in [4.69, 9.17) is 16.3 Å². The molecular formula is C13H12Br2ClN3O. The second-order valence-electron chi connectivity index (χ2n) is 3.96. The largest absolute Gasteiger partial charge is 0.378 e. The zero-order chi connectivity index (χ0) is 14.7. The van der Waals surface area contributed by atoms with Crippen LogP contribution in [0.3, 0.4) is 0 Å². The number of ether oxygens (including phenoxy) is 1. The summed E-state index contributed by atoms with van der Waals surface area (Å²) in [7, 11) is 3.44. The van der Waals surface area contributed by atoms with Crippen LogP contribution < -0.4 is 5.32 Å². The molecule has 20 heavy (non-hydrogen) atoms. The number of rotatable bonds is 4. The molecular weight excluding hydrogens is 409 g/mol. The van der Waals surface area contributed by atoms with Gasteiger partial charge in [-0.05, 0) is 50.1 Å². The van der Waals surface area contributed by atoms with E-state index in [-0.39, 0.29) is 0 Å². The Morgan fingerprint density at radius 1 is 1.30 bits per heavy atom. The Balaban J connectivity index is 2.58. The minimum Gasteiger partial charge on any atom is -0.378 e. The molecule has 7 heteroatoms. The van der Waals surface area contributed by atoms with Crippen molar-refractivity contribution in [3.8, 4) is 11.4 Å². The van der Waals surface area contributed by atoms with Gasteiger partial charge in [-0.25, -0.2) is 9.97 Å². The van der Waals surface area contributed by atoms with Crippen LogP contribution in [0.15, 0.2) is 27.1 Å². The molecule has 0 aliphatic heterocycles. The van der Waals surface area contributed by atoms with E-state index in [1.807, 2.05) is 25.2 Å². The summed E-state index contributed by atoms with van der Waals surface area (Å²) in [6, 6.07) is 5.51. The van der Waals surface area contributed by atoms with Crippen LogP contribution in [0.2, 0.25) is 5.02 Å². The Morgan fingerprint density at radius 3 is 2.65 bits per heavy atom. The number of hydrogen-bond acceptors (Lipinski definition) is 4. The average molecular weight is 422 g/mol. The average Bonchev–Trinajstić information content (AvgIpc) is 2.41. The van der Waals surface area contributed by atoms with E-state index < -0.39 is 0 Å². The van der Waals surface area contributed by atoms with Crippen LogP contribution in [0, 0.1) is 0 Å². The molecule has 0 amide bonds. The summed E-state index contributed by atoms with van der Waals surface area (Å²) in [6.45, 7) is 0.399. The van der Waals surface area contributed by atoms with Gasteiger partial charge in [0.25, 0.3) is 0 Å². The van der Waals surface area contributed by atoms with Crippen molar-refractivity contribution in [2.24, 2.45) is 0 Å². The molecule has 1 N–H and O–H groups in total. The van der Waals surface area contributed by atoms with E-state index in [0.29, 0.717) is 23.3 Å².